The van der Waals surface area contributed by atoms with Crippen LogP contribution in [-0.4, -0.2) is 36.9 Å². The Morgan fingerprint density at radius 3 is 2.91 bits per heavy atom. The maximum atomic E-state index is 13.6. The summed E-state index contributed by atoms with van der Waals surface area (Å²) >= 11 is 0. The number of hydrogen-bond acceptors (Lipinski definition) is 3. The second-order valence-corrected chi connectivity index (χ2v) is 5.69. The fourth-order valence-corrected chi connectivity index (χ4v) is 2.04. The standard InChI is InChI=1S/C17H22FNO3/c1-12(15-4-2-3-5-16(15)18)8-17(21)19-9-14(20)11-22-10-13-6-7-13/h2-5,8,13-14,20H,6-7,9-11H2,1H3,(H,19,21)/b12-8-. The first-order valence-corrected chi connectivity index (χ1v) is 7.53. The third-order valence-corrected chi connectivity index (χ3v) is 3.52. The van der Waals surface area contributed by atoms with Gasteiger partial charge in [0, 0.05) is 24.8 Å². The van der Waals surface area contributed by atoms with Gasteiger partial charge in [0.2, 0.25) is 5.91 Å². The highest BCUT2D eigenvalue weighted by molar-refractivity contribution is 5.94. The summed E-state index contributed by atoms with van der Waals surface area (Å²) < 4.78 is 18.9. The molecule has 2 N–H and O–H groups in total. The fourth-order valence-electron chi connectivity index (χ4n) is 2.04. The summed E-state index contributed by atoms with van der Waals surface area (Å²) in [5.41, 5.74) is 0.932. The smallest absolute Gasteiger partial charge is 0.244 e. The molecule has 22 heavy (non-hydrogen) atoms. The lowest BCUT2D eigenvalue weighted by Gasteiger charge is -2.11. The molecule has 0 bridgehead atoms. The summed E-state index contributed by atoms with van der Waals surface area (Å²) in [6, 6.07) is 6.29. The SMILES string of the molecule is C/C(=C/C(=O)NCC(O)COCC1CC1)c1ccccc1F. The number of carbonyl (C=O) groups is 1. The maximum absolute atomic E-state index is 13.6. The van der Waals surface area contributed by atoms with Gasteiger partial charge in [-0.15, -0.1) is 0 Å². The predicted octanol–water partition coefficient (Wildman–Crippen LogP) is 2.13. The second-order valence-electron chi connectivity index (χ2n) is 5.69. The van der Waals surface area contributed by atoms with Gasteiger partial charge in [-0.25, -0.2) is 4.39 Å². The first kappa shape index (κ1) is 16.6. The predicted molar refractivity (Wildman–Crippen MR) is 82.6 cm³/mol. The molecule has 1 aliphatic rings. The van der Waals surface area contributed by atoms with Gasteiger partial charge in [-0.2, -0.15) is 0 Å². The van der Waals surface area contributed by atoms with Crippen LogP contribution in [0.4, 0.5) is 4.39 Å². The van der Waals surface area contributed by atoms with E-state index in [-0.39, 0.29) is 24.9 Å². The van der Waals surface area contributed by atoms with E-state index in [4.69, 9.17) is 4.74 Å². The Bertz CT molecular complexity index is 540. The van der Waals surface area contributed by atoms with Crippen molar-refractivity contribution in [3.05, 3.63) is 41.7 Å². The highest BCUT2D eigenvalue weighted by Gasteiger charge is 2.21. The molecule has 1 atom stereocenters. The number of nitrogens with one attached hydrogen (secondary N) is 1. The lowest BCUT2D eigenvalue weighted by molar-refractivity contribution is -0.117. The molecule has 5 heteroatoms. The molecule has 1 unspecified atom stereocenters. The van der Waals surface area contributed by atoms with Crippen molar-refractivity contribution in [3.8, 4) is 0 Å². The largest absolute Gasteiger partial charge is 0.389 e. The van der Waals surface area contributed by atoms with Crippen LogP contribution >= 0.6 is 0 Å². The quantitative estimate of drug-likeness (QED) is 0.723. The zero-order valence-corrected chi connectivity index (χ0v) is 12.7. The Labute approximate surface area is 130 Å². The molecule has 0 heterocycles. The number of aliphatic hydroxyl groups is 1. The first-order valence-electron chi connectivity index (χ1n) is 7.53. The normalized spacial score (nSPS) is 16.4. The van der Waals surface area contributed by atoms with Gasteiger partial charge in [0.05, 0.1) is 12.7 Å². The van der Waals surface area contributed by atoms with Gasteiger partial charge in [-0.1, -0.05) is 18.2 Å². The van der Waals surface area contributed by atoms with Crippen LogP contribution < -0.4 is 5.32 Å². The van der Waals surface area contributed by atoms with Crippen LogP contribution in [0.25, 0.3) is 5.57 Å². The molecule has 0 spiro atoms. The number of halogens is 1. The zero-order valence-electron chi connectivity index (χ0n) is 12.7. The van der Waals surface area contributed by atoms with E-state index in [1.54, 1.807) is 25.1 Å². The van der Waals surface area contributed by atoms with Crippen LogP contribution in [0, 0.1) is 11.7 Å². The molecule has 4 nitrogen and oxygen atoms in total. The summed E-state index contributed by atoms with van der Waals surface area (Å²) in [4.78, 5) is 11.8. The van der Waals surface area contributed by atoms with E-state index in [0.29, 0.717) is 23.7 Å². The van der Waals surface area contributed by atoms with E-state index in [9.17, 15) is 14.3 Å². The average Bonchev–Trinajstić information content (AvgIpc) is 3.29. The first-order chi connectivity index (χ1) is 10.6. The van der Waals surface area contributed by atoms with Crippen molar-refractivity contribution >= 4 is 11.5 Å². The molecule has 0 saturated heterocycles. The summed E-state index contributed by atoms with van der Waals surface area (Å²) in [7, 11) is 0. The van der Waals surface area contributed by atoms with Gasteiger partial charge in [0.25, 0.3) is 0 Å². The zero-order chi connectivity index (χ0) is 15.9. The van der Waals surface area contributed by atoms with E-state index in [0.717, 1.165) is 0 Å². The van der Waals surface area contributed by atoms with Crippen molar-refractivity contribution in [2.75, 3.05) is 19.8 Å². The topological polar surface area (TPSA) is 58.6 Å². The minimum Gasteiger partial charge on any atom is -0.389 e. The van der Waals surface area contributed by atoms with Gasteiger partial charge < -0.3 is 15.2 Å². The van der Waals surface area contributed by atoms with Gasteiger partial charge in [0.1, 0.15) is 5.82 Å². The minimum absolute atomic E-state index is 0.116. The Kier molecular flexibility index (Phi) is 6.10. The number of benzene rings is 1. The number of amides is 1. The van der Waals surface area contributed by atoms with Crippen LogP contribution in [0.3, 0.4) is 0 Å². The second kappa shape index (κ2) is 8.06. The minimum atomic E-state index is -0.732. The highest BCUT2D eigenvalue weighted by atomic mass is 19.1. The van der Waals surface area contributed by atoms with Crippen molar-refractivity contribution in [1.29, 1.82) is 0 Å². The number of hydrogen-bond donors (Lipinski definition) is 2. The highest BCUT2D eigenvalue weighted by Crippen LogP contribution is 2.28. The van der Waals surface area contributed by atoms with Crippen molar-refractivity contribution < 1.29 is 19.0 Å². The summed E-state index contributed by atoms with van der Waals surface area (Å²) in [6.07, 6.45) is 3.00. The van der Waals surface area contributed by atoms with E-state index in [1.165, 1.54) is 25.0 Å². The molecular formula is C17H22FNO3. The molecule has 1 saturated carbocycles. The Morgan fingerprint density at radius 1 is 1.50 bits per heavy atom. The van der Waals surface area contributed by atoms with Crippen molar-refractivity contribution in [1.82, 2.24) is 5.32 Å². The average molecular weight is 307 g/mol. The summed E-state index contributed by atoms with van der Waals surface area (Å²) in [6.45, 7) is 2.68. The molecule has 1 fully saturated rings. The lowest BCUT2D eigenvalue weighted by Crippen LogP contribution is -2.33. The molecule has 120 valence electrons. The Balaban J connectivity index is 1.74. The van der Waals surface area contributed by atoms with Crippen molar-refractivity contribution in [2.45, 2.75) is 25.9 Å². The number of ether oxygens (including phenoxy) is 1. The molecule has 0 radical (unpaired) electrons. The van der Waals surface area contributed by atoms with Crippen LogP contribution in [-0.2, 0) is 9.53 Å². The summed E-state index contributed by atoms with van der Waals surface area (Å²) in [5, 5.41) is 12.3. The van der Waals surface area contributed by atoms with Gasteiger partial charge in [-0.3, -0.25) is 4.79 Å². The van der Waals surface area contributed by atoms with Crippen molar-refractivity contribution in [3.63, 3.8) is 0 Å². The molecule has 1 amide bonds. The number of rotatable bonds is 8. The monoisotopic (exact) mass is 307 g/mol. The molecule has 1 aromatic rings. The third-order valence-electron chi connectivity index (χ3n) is 3.52. The van der Waals surface area contributed by atoms with Gasteiger partial charge in [-0.05, 0) is 37.3 Å². The van der Waals surface area contributed by atoms with Crippen LogP contribution in [0.5, 0.6) is 0 Å². The Morgan fingerprint density at radius 2 is 2.23 bits per heavy atom. The number of aliphatic hydroxyl groups excluding tert-OH is 1. The van der Waals surface area contributed by atoms with E-state index >= 15 is 0 Å². The molecule has 1 aliphatic carbocycles. The van der Waals surface area contributed by atoms with Crippen LogP contribution in [0.1, 0.15) is 25.3 Å². The molecular weight excluding hydrogens is 285 g/mol. The molecule has 0 aliphatic heterocycles. The number of carbonyl (C=O) groups excluding carboxylic acids is 1. The summed E-state index contributed by atoms with van der Waals surface area (Å²) in [5.74, 6) is -0.0762. The molecule has 2 rings (SSSR count). The third kappa shape index (κ3) is 5.58. The fraction of sp³-hybridized carbons (Fsp3) is 0.471. The maximum Gasteiger partial charge on any atom is 0.244 e. The van der Waals surface area contributed by atoms with E-state index in [2.05, 4.69) is 5.32 Å². The van der Waals surface area contributed by atoms with Gasteiger partial charge in [0.15, 0.2) is 0 Å². The van der Waals surface area contributed by atoms with Crippen molar-refractivity contribution in [2.24, 2.45) is 5.92 Å². The van der Waals surface area contributed by atoms with E-state index < -0.39 is 6.10 Å². The number of allylic oxidation sites excluding steroid dienone is 1. The lowest BCUT2D eigenvalue weighted by atomic mass is 10.1. The molecule has 1 aromatic carbocycles. The van der Waals surface area contributed by atoms with Gasteiger partial charge >= 0.3 is 0 Å². The van der Waals surface area contributed by atoms with Crippen LogP contribution in [0.15, 0.2) is 30.3 Å². The van der Waals surface area contributed by atoms with E-state index in [1.807, 2.05) is 0 Å². The Hall–Kier alpha value is -1.72. The van der Waals surface area contributed by atoms with Crippen LogP contribution in [0.2, 0.25) is 0 Å². The molecule has 0 aromatic heterocycles.